The number of amides is 7. The summed E-state index contributed by atoms with van der Waals surface area (Å²) in [7, 11) is 0. The highest BCUT2D eigenvalue weighted by Crippen LogP contribution is 2.32. The first-order valence-electron chi connectivity index (χ1n) is 25.3. The van der Waals surface area contributed by atoms with E-state index in [1.54, 1.807) is 36.4 Å². The van der Waals surface area contributed by atoms with Gasteiger partial charge in [0.1, 0.15) is 6.04 Å². The van der Waals surface area contributed by atoms with E-state index in [2.05, 4.69) is 10.6 Å². The van der Waals surface area contributed by atoms with Crippen molar-refractivity contribution in [3.63, 3.8) is 0 Å². The van der Waals surface area contributed by atoms with Crippen molar-refractivity contribution < 1.29 is 90.4 Å². The van der Waals surface area contributed by atoms with Gasteiger partial charge in [0.2, 0.25) is 17.7 Å². The van der Waals surface area contributed by atoms with Crippen LogP contribution in [0.3, 0.4) is 0 Å². The number of fused-ring (bicyclic) bond motifs is 2. The topological polar surface area (TPSA) is 261 Å². The van der Waals surface area contributed by atoms with Gasteiger partial charge in [0.05, 0.1) is 186 Å². The number of benzene rings is 2. The zero-order chi connectivity index (χ0) is 52.4. The van der Waals surface area contributed by atoms with Gasteiger partial charge in [-0.3, -0.25) is 48.7 Å². The van der Waals surface area contributed by atoms with Gasteiger partial charge in [-0.25, -0.2) is 0 Å². The van der Waals surface area contributed by atoms with Crippen LogP contribution in [0, 0.1) is 0 Å². The van der Waals surface area contributed by atoms with Gasteiger partial charge in [-0.15, -0.1) is 0 Å². The maximum atomic E-state index is 13.2. The lowest BCUT2D eigenvalue weighted by Gasteiger charge is -2.27. The second kappa shape index (κ2) is 35.9. The Balaban J connectivity index is 0.669. The number of hydrogen-bond donors (Lipinski definition) is 2. The van der Waals surface area contributed by atoms with Crippen molar-refractivity contribution in [2.24, 2.45) is 0 Å². The van der Waals surface area contributed by atoms with Crippen LogP contribution in [-0.4, -0.2) is 222 Å². The second-order valence-corrected chi connectivity index (χ2v) is 16.7. The number of imide groups is 3. The molecule has 23 nitrogen and oxygen atoms in total. The summed E-state index contributed by atoms with van der Waals surface area (Å²) in [5, 5.41) is 4.91. The van der Waals surface area contributed by atoms with Crippen LogP contribution in [0.4, 0.5) is 5.69 Å². The Labute approximate surface area is 431 Å². The van der Waals surface area contributed by atoms with Crippen LogP contribution in [0.25, 0.3) is 0 Å². The predicted octanol–water partition coefficient (Wildman–Crippen LogP) is 2.08. The quantitative estimate of drug-likeness (QED) is 0.0711. The Kier molecular flexibility index (Phi) is 29.0. The molecule has 0 bridgehead atoms. The van der Waals surface area contributed by atoms with Crippen molar-refractivity contribution >= 4 is 47.0 Å². The highest BCUT2D eigenvalue weighted by Gasteiger charge is 2.45. The fourth-order valence-corrected chi connectivity index (χ4v) is 7.62. The third kappa shape index (κ3) is 21.2. The molecule has 3 aliphatic rings. The Morgan fingerprint density at radius 3 is 1.30 bits per heavy atom. The maximum absolute atomic E-state index is 13.2. The van der Waals surface area contributed by atoms with E-state index in [-0.39, 0.29) is 66.9 Å². The van der Waals surface area contributed by atoms with Crippen LogP contribution in [0.15, 0.2) is 42.5 Å². The average molecular weight is 1050 g/mol. The summed E-state index contributed by atoms with van der Waals surface area (Å²) in [4.78, 5) is 89.6. The molecule has 1 unspecified atom stereocenters. The van der Waals surface area contributed by atoms with Crippen LogP contribution in [0.5, 0.6) is 0 Å². The van der Waals surface area contributed by atoms with E-state index in [0.29, 0.717) is 170 Å². The Morgan fingerprint density at radius 2 is 0.865 bits per heavy atom. The number of unbranched alkanes of at least 4 members (excludes halogenated alkanes) is 2. The van der Waals surface area contributed by atoms with Gasteiger partial charge in [-0.2, -0.15) is 0 Å². The van der Waals surface area contributed by atoms with Gasteiger partial charge >= 0.3 is 0 Å². The number of anilines is 1. The fourth-order valence-electron chi connectivity index (χ4n) is 7.62. The minimum Gasteiger partial charge on any atom is -0.379 e. The molecule has 1 saturated heterocycles. The third-order valence-electron chi connectivity index (χ3n) is 11.4. The Hall–Kier alpha value is -5.15. The van der Waals surface area contributed by atoms with E-state index in [4.69, 9.17) is 56.8 Å². The van der Waals surface area contributed by atoms with Gasteiger partial charge in [0, 0.05) is 19.4 Å². The fraction of sp³-hybridized carbons (Fsp3) is 0.627. The smallest absolute Gasteiger partial charge is 0.264 e. The SMILES string of the molecule is O=C1CCC(N2C(=O)c3cccc(NC(=O)CCCCCOCCOCCOCCOCCOCCOCCOCCOCCOCCOCCOCCOCCN4C(=O)c5ccccc5C4=O)c3C2=O)C(=O)N1. The van der Waals surface area contributed by atoms with E-state index >= 15 is 0 Å². The van der Waals surface area contributed by atoms with Gasteiger partial charge in [0.15, 0.2) is 0 Å². The summed E-state index contributed by atoms with van der Waals surface area (Å²) in [5.74, 6) is -3.32. The first kappa shape index (κ1) is 59.7. The van der Waals surface area contributed by atoms with Gasteiger partial charge in [0.25, 0.3) is 23.6 Å². The number of piperidine rings is 1. The van der Waals surface area contributed by atoms with Crippen molar-refractivity contribution in [2.45, 2.75) is 44.6 Å². The van der Waals surface area contributed by atoms with E-state index in [1.807, 2.05) is 0 Å². The Morgan fingerprint density at radius 1 is 0.459 bits per heavy atom. The van der Waals surface area contributed by atoms with Crippen molar-refractivity contribution in [1.82, 2.24) is 15.1 Å². The van der Waals surface area contributed by atoms with Crippen LogP contribution in [0.2, 0.25) is 0 Å². The van der Waals surface area contributed by atoms with Crippen LogP contribution >= 0.6 is 0 Å². The second-order valence-electron chi connectivity index (χ2n) is 16.7. The molecular formula is C51H72N4O19. The van der Waals surface area contributed by atoms with E-state index in [0.717, 1.165) is 17.7 Å². The number of nitrogens with one attached hydrogen (secondary N) is 2. The van der Waals surface area contributed by atoms with Crippen molar-refractivity contribution in [2.75, 3.05) is 170 Å². The van der Waals surface area contributed by atoms with E-state index in [1.165, 1.54) is 11.0 Å². The van der Waals surface area contributed by atoms with E-state index < -0.39 is 29.7 Å². The molecule has 2 aromatic rings. The molecule has 23 heteroatoms. The number of ether oxygens (including phenoxy) is 12. The summed E-state index contributed by atoms with van der Waals surface area (Å²) in [5.41, 5.74) is 1.23. The number of nitrogens with zero attached hydrogens (tertiary/aromatic N) is 2. The normalized spacial score (nSPS) is 15.4. The summed E-state index contributed by atoms with van der Waals surface area (Å²) in [6.45, 7) is 10.6. The average Bonchev–Trinajstić information content (AvgIpc) is 3.80. The lowest BCUT2D eigenvalue weighted by atomic mass is 10.0. The molecule has 2 N–H and O–H groups in total. The molecule has 2 aromatic carbocycles. The molecule has 0 radical (unpaired) electrons. The molecule has 3 heterocycles. The molecular weight excluding hydrogens is 973 g/mol. The molecule has 0 aromatic heterocycles. The first-order chi connectivity index (χ1) is 36.3. The minimum atomic E-state index is -1.08. The summed E-state index contributed by atoms with van der Waals surface area (Å²) >= 11 is 0. The lowest BCUT2D eigenvalue weighted by molar-refractivity contribution is -0.136. The standard InChI is InChI=1S/C51H72N4O19/c56-44(52-42-10-6-9-41-46(42)51(62)55(50(41)61)43-12-13-45(57)53-47(43)58)11-2-1-5-15-63-17-19-65-21-23-67-25-27-69-29-31-71-33-35-73-37-38-74-36-34-72-32-30-70-28-26-68-24-22-66-20-18-64-16-14-54-48(59)39-7-3-4-8-40(39)49(54)60/h3-4,6-10,43H,1-2,5,11-38H2,(H,52,56)(H,53,57,58). The Bertz CT molecular complexity index is 2020. The summed E-state index contributed by atoms with van der Waals surface area (Å²) < 4.78 is 66.2. The largest absolute Gasteiger partial charge is 0.379 e. The molecule has 0 saturated carbocycles. The zero-order valence-electron chi connectivity index (χ0n) is 42.2. The van der Waals surface area contributed by atoms with Crippen molar-refractivity contribution in [3.05, 3.63) is 64.7 Å². The van der Waals surface area contributed by atoms with Crippen molar-refractivity contribution in [3.8, 4) is 0 Å². The van der Waals surface area contributed by atoms with E-state index in [9.17, 15) is 33.6 Å². The van der Waals surface area contributed by atoms with Gasteiger partial charge in [-0.1, -0.05) is 24.6 Å². The lowest BCUT2D eigenvalue weighted by Crippen LogP contribution is -2.54. The highest BCUT2D eigenvalue weighted by atomic mass is 16.6. The summed E-state index contributed by atoms with van der Waals surface area (Å²) in [6.07, 6.45) is 2.40. The summed E-state index contributed by atoms with van der Waals surface area (Å²) in [6, 6.07) is 10.3. The number of carbonyl (C=O) groups excluding carboxylic acids is 7. The third-order valence-corrected chi connectivity index (χ3v) is 11.4. The molecule has 5 rings (SSSR count). The number of rotatable bonds is 44. The molecule has 0 aliphatic carbocycles. The molecule has 74 heavy (non-hydrogen) atoms. The maximum Gasteiger partial charge on any atom is 0.264 e. The van der Waals surface area contributed by atoms with Crippen LogP contribution < -0.4 is 10.6 Å². The molecule has 1 fully saturated rings. The molecule has 410 valence electrons. The highest BCUT2D eigenvalue weighted by molar-refractivity contribution is 6.26. The minimum absolute atomic E-state index is 0.0222. The first-order valence-corrected chi connectivity index (χ1v) is 25.3. The zero-order valence-corrected chi connectivity index (χ0v) is 42.2. The van der Waals surface area contributed by atoms with Crippen molar-refractivity contribution in [1.29, 1.82) is 0 Å². The molecule has 3 aliphatic heterocycles. The number of hydrogen-bond acceptors (Lipinski definition) is 19. The molecule has 1 atom stereocenters. The van der Waals surface area contributed by atoms with Crippen LogP contribution in [-0.2, 0) is 71.2 Å². The number of carbonyl (C=O) groups is 7. The monoisotopic (exact) mass is 1040 g/mol. The van der Waals surface area contributed by atoms with Gasteiger partial charge in [-0.05, 0) is 43.5 Å². The van der Waals surface area contributed by atoms with Crippen LogP contribution in [0.1, 0.15) is 80.0 Å². The molecule has 7 amide bonds. The van der Waals surface area contributed by atoms with Gasteiger partial charge < -0.3 is 62.2 Å². The molecule has 0 spiro atoms. The predicted molar refractivity (Wildman–Crippen MR) is 262 cm³/mol.